The van der Waals surface area contributed by atoms with Crippen LogP contribution in [-0.4, -0.2) is 30.1 Å². The number of ether oxygens (including phenoxy) is 1. The molecule has 0 aromatic heterocycles. The number of carbonyl (C=O) groups is 2. The fourth-order valence-corrected chi connectivity index (χ4v) is 2.42. The smallest absolute Gasteiger partial charge is 0.307 e. The van der Waals surface area contributed by atoms with Crippen molar-refractivity contribution in [2.45, 2.75) is 26.2 Å². The van der Waals surface area contributed by atoms with Crippen LogP contribution in [0.2, 0.25) is 0 Å². The molecule has 1 aliphatic rings. The number of amides is 1. The molecular weight excluding hydrogens is 270 g/mol. The lowest BCUT2D eigenvalue weighted by atomic mass is 9.73. The molecule has 0 radical (unpaired) electrons. The SMILES string of the molecule is Cc1ccccc1OCCCNC(=O)C1CCC1C(=O)O. The van der Waals surface area contributed by atoms with E-state index in [4.69, 9.17) is 9.84 Å². The second-order valence-electron chi connectivity index (χ2n) is 5.39. The van der Waals surface area contributed by atoms with Crippen LogP contribution in [0.25, 0.3) is 0 Å². The Labute approximate surface area is 124 Å². The third kappa shape index (κ3) is 3.97. The number of hydrogen-bond donors (Lipinski definition) is 2. The van der Waals surface area contributed by atoms with E-state index in [-0.39, 0.29) is 11.8 Å². The summed E-state index contributed by atoms with van der Waals surface area (Å²) in [6.45, 7) is 3.02. The maximum atomic E-state index is 11.8. The second kappa shape index (κ2) is 7.11. The zero-order chi connectivity index (χ0) is 15.2. The summed E-state index contributed by atoms with van der Waals surface area (Å²) in [4.78, 5) is 22.7. The minimum Gasteiger partial charge on any atom is -0.493 e. The molecule has 0 spiro atoms. The fraction of sp³-hybridized carbons (Fsp3) is 0.500. The summed E-state index contributed by atoms with van der Waals surface area (Å²) in [5.74, 6) is -1.03. The molecule has 0 saturated heterocycles. The van der Waals surface area contributed by atoms with Crippen LogP contribution in [0.4, 0.5) is 0 Å². The van der Waals surface area contributed by atoms with E-state index in [0.717, 1.165) is 11.3 Å². The molecule has 114 valence electrons. The van der Waals surface area contributed by atoms with Crippen molar-refractivity contribution in [3.63, 3.8) is 0 Å². The number of aryl methyl sites for hydroxylation is 1. The molecule has 1 saturated carbocycles. The van der Waals surface area contributed by atoms with Gasteiger partial charge in [-0.1, -0.05) is 18.2 Å². The van der Waals surface area contributed by atoms with Crippen LogP contribution < -0.4 is 10.1 Å². The zero-order valence-electron chi connectivity index (χ0n) is 12.2. The highest BCUT2D eigenvalue weighted by atomic mass is 16.5. The van der Waals surface area contributed by atoms with Crippen LogP contribution in [0.15, 0.2) is 24.3 Å². The van der Waals surface area contributed by atoms with Gasteiger partial charge >= 0.3 is 5.97 Å². The van der Waals surface area contributed by atoms with Gasteiger partial charge in [-0.25, -0.2) is 0 Å². The summed E-state index contributed by atoms with van der Waals surface area (Å²) in [6.07, 6.45) is 1.97. The van der Waals surface area contributed by atoms with Crippen molar-refractivity contribution < 1.29 is 19.4 Å². The fourth-order valence-electron chi connectivity index (χ4n) is 2.42. The highest BCUT2D eigenvalue weighted by Crippen LogP contribution is 2.34. The number of hydrogen-bond acceptors (Lipinski definition) is 3. The highest BCUT2D eigenvalue weighted by molar-refractivity contribution is 5.86. The zero-order valence-corrected chi connectivity index (χ0v) is 12.2. The van der Waals surface area contributed by atoms with Gasteiger partial charge < -0.3 is 15.2 Å². The van der Waals surface area contributed by atoms with Crippen molar-refractivity contribution in [2.24, 2.45) is 11.8 Å². The summed E-state index contributed by atoms with van der Waals surface area (Å²) in [6, 6.07) is 7.78. The molecule has 0 aliphatic heterocycles. The van der Waals surface area contributed by atoms with Crippen molar-refractivity contribution in [1.82, 2.24) is 5.32 Å². The first-order valence-corrected chi connectivity index (χ1v) is 7.28. The Morgan fingerprint density at radius 3 is 2.62 bits per heavy atom. The number of benzene rings is 1. The molecule has 1 fully saturated rings. The molecule has 1 amide bonds. The van der Waals surface area contributed by atoms with Gasteiger partial charge in [0, 0.05) is 6.54 Å². The van der Waals surface area contributed by atoms with Crippen molar-refractivity contribution in [3.8, 4) is 5.75 Å². The molecule has 5 heteroatoms. The molecule has 1 aromatic rings. The molecule has 0 bridgehead atoms. The summed E-state index contributed by atoms with van der Waals surface area (Å²) >= 11 is 0. The Bertz CT molecular complexity index is 515. The van der Waals surface area contributed by atoms with Gasteiger partial charge in [-0.15, -0.1) is 0 Å². The minimum absolute atomic E-state index is 0.149. The quantitative estimate of drug-likeness (QED) is 0.753. The number of carboxylic acids is 1. The monoisotopic (exact) mass is 291 g/mol. The second-order valence-corrected chi connectivity index (χ2v) is 5.39. The van der Waals surface area contributed by atoms with E-state index in [1.807, 2.05) is 31.2 Å². The number of carbonyl (C=O) groups excluding carboxylic acids is 1. The van der Waals surface area contributed by atoms with Gasteiger partial charge in [0.1, 0.15) is 5.75 Å². The van der Waals surface area contributed by atoms with E-state index >= 15 is 0 Å². The summed E-state index contributed by atoms with van der Waals surface area (Å²) in [5, 5.41) is 11.7. The van der Waals surface area contributed by atoms with E-state index in [0.29, 0.717) is 32.4 Å². The van der Waals surface area contributed by atoms with Gasteiger partial charge in [-0.2, -0.15) is 0 Å². The van der Waals surface area contributed by atoms with Crippen LogP contribution >= 0.6 is 0 Å². The average Bonchev–Trinajstić information content (AvgIpc) is 2.38. The van der Waals surface area contributed by atoms with Crippen LogP contribution in [0.5, 0.6) is 5.75 Å². The first-order valence-electron chi connectivity index (χ1n) is 7.28. The third-order valence-corrected chi connectivity index (χ3v) is 3.90. The number of nitrogens with one attached hydrogen (secondary N) is 1. The Morgan fingerprint density at radius 1 is 1.29 bits per heavy atom. The molecule has 0 heterocycles. The van der Waals surface area contributed by atoms with Crippen LogP contribution in [0.1, 0.15) is 24.8 Å². The predicted octanol–water partition coefficient (Wildman–Crippen LogP) is 1.99. The Kier molecular flexibility index (Phi) is 5.20. The summed E-state index contributed by atoms with van der Waals surface area (Å²) in [7, 11) is 0. The molecule has 2 rings (SSSR count). The van der Waals surface area contributed by atoms with E-state index in [2.05, 4.69) is 5.32 Å². The van der Waals surface area contributed by atoms with Gasteiger partial charge in [0.05, 0.1) is 18.4 Å². The van der Waals surface area contributed by atoms with Gasteiger partial charge in [0.15, 0.2) is 0 Å². The summed E-state index contributed by atoms with van der Waals surface area (Å²) in [5.41, 5.74) is 1.08. The van der Waals surface area contributed by atoms with Gasteiger partial charge in [0.2, 0.25) is 5.91 Å². The van der Waals surface area contributed by atoms with Gasteiger partial charge in [0.25, 0.3) is 0 Å². The maximum Gasteiger partial charge on any atom is 0.307 e. The minimum atomic E-state index is -0.871. The molecule has 5 nitrogen and oxygen atoms in total. The lowest BCUT2D eigenvalue weighted by Crippen LogP contribution is -2.44. The highest BCUT2D eigenvalue weighted by Gasteiger charge is 2.41. The molecular formula is C16H21NO4. The van der Waals surface area contributed by atoms with E-state index < -0.39 is 11.9 Å². The Hall–Kier alpha value is -2.04. The normalized spacial score (nSPS) is 20.4. The molecule has 1 aliphatic carbocycles. The van der Waals surface area contributed by atoms with Crippen LogP contribution in [0, 0.1) is 18.8 Å². The molecule has 2 unspecified atom stereocenters. The summed E-state index contributed by atoms with van der Waals surface area (Å²) < 4.78 is 5.63. The predicted molar refractivity (Wildman–Crippen MR) is 78.2 cm³/mol. The lowest BCUT2D eigenvalue weighted by molar-refractivity contribution is -0.152. The molecule has 2 atom stereocenters. The van der Waals surface area contributed by atoms with Gasteiger partial charge in [-0.3, -0.25) is 9.59 Å². The molecule has 1 aromatic carbocycles. The first-order chi connectivity index (χ1) is 10.1. The van der Waals surface area contributed by atoms with Crippen molar-refractivity contribution in [1.29, 1.82) is 0 Å². The Balaban J connectivity index is 1.63. The van der Waals surface area contributed by atoms with Crippen molar-refractivity contribution >= 4 is 11.9 Å². The van der Waals surface area contributed by atoms with Crippen molar-refractivity contribution in [3.05, 3.63) is 29.8 Å². The van der Waals surface area contributed by atoms with E-state index in [9.17, 15) is 9.59 Å². The molecule has 21 heavy (non-hydrogen) atoms. The van der Waals surface area contributed by atoms with E-state index in [1.165, 1.54) is 0 Å². The molecule has 2 N–H and O–H groups in total. The van der Waals surface area contributed by atoms with Crippen molar-refractivity contribution in [2.75, 3.05) is 13.2 Å². The van der Waals surface area contributed by atoms with Gasteiger partial charge in [-0.05, 0) is 37.8 Å². The number of carboxylic acid groups (broad SMARTS) is 1. The van der Waals surface area contributed by atoms with Crippen LogP contribution in [0.3, 0.4) is 0 Å². The Morgan fingerprint density at radius 2 is 2.00 bits per heavy atom. The van der Waals surface area contributed by atoms with Crippen LogP contribution in [-0.2, 0) is 9.59 Å². The average molecular weight is 291 g/mol. The number of rotatable bonds is 7. The number of para-hydroxylation sites is 1. The largest absolute Gasteiger partial charge is 0.493 e. The maximum absolute atomic E-state index is 11.8. The third-order valence-electron chi connectivity index (χ3n) is 3.90. The standard InChI is InChI=1S/C16H21NO4/c1-11-5-2-3-6-14(11)21-10-4-9-17-15(18)12-7-8-13(12)16(19)20/h2-3,5-6,12-13H,4,7-10H2,1H3,(H,17,18)(H,19,20). The number of aliphatic carboxylic acids is 1. The lowest BCUT2D eigenvalue weighted by Gasteiger charge is -2.31. The first kappa shape index (κ1) is 15.4. The van der Waals surface area contributed by atoms with E-state index in [1.54, 1.807) is 0 Å². The topological polar surface area (TPSA) is 75.6 Å².